The van der Waals surface area contributed by atoms with E-state index in [1.807, 2.05) is 6.07 Å². The summed E-state index contributed by atoms with van der Waals surface area (Å²) in [6, 6.07) is 1.82. The lowest BCUT2D eigenvalue weighted by molar-refractivity contribution is 0.0592. The summed E-state index contributed by atoms with van der Waals surface area (Å²) in [5, 5.41) is 0. The molecule has 2 aromatic rings. The molecule has 0 atom stereocenters. The second-order valence-electron chi connectivity index (χ2n) is 4.50. The standard InChI is InChI=1S/C12H13N5O2/c1-7-15-10(6-19-7)11(18)17-4-8(5-17)9-2-3-14-12(13)16-9/h2-3,6,8H,4-5H2,1H3,(H2,13,14,16). The highest BCUT2D eigenvalue weighted by molar-refractivity contribution is 5.92. The Kier molecular flexibility index (Phi) is 2.66. The van der Waals surface area contributed by atoms with Crippen LogP contribution >= 0.6 is 0 Å². The predicted octanol–water partition coefficient (Wildman–Crippen LogP) is 0.595. The molecular weight excluding hydrogens is 246 g/mol. The van der Waals surface area contributed by atoms with E-state index < -0.39 is 0 Å². The van der Waals surface area contributed by atoms with Gasteiger partial charge in [0.25, 0.3) is 5.91 Å². The summed E-state index contributed by atoms with van der Waals surface area (Å²) in [6.45, 7) is 2.93. The van der Waals surface area contributed by atoms with E-state index in [0.717, 1.165) is 5.69 Å². The van der Waals surface area contributed by atoms with Crippen molar-refractivity contribution in [2.24, 2.45) is 0 Å². The molecule has 0 spiro atoms. The van der Waals surface area contributed by atoms with Gasteiger partial charge in [0.2, 0.25) is 5.95 Å². The maximum absolute atomic E-state index is 12.0. The van der Waals surface area contributed by atoms with Gasteiger partial charge in [0.15, 0.2) is 11.6 Å². The lowest BCUT2D eigenvalue weighted by Crippen LogP contribution is -2.48. The number of carbonyl (C=O) groups is 1. The van der Waals surface area contributed by atoms with Gasteiger partial charge >= 0.3 is 0 Å². The monoisotopic (exact) mass is 259 g/mol. The van der Waals surface area contributed by atoms with Crippen LogP contribution in [-0.4, -0.2) is 38.8 Å². The molecule has 1 amide bonds. The molecule has 0 bridgehead atoms. The number of amides is 1. The topological polar surface area (TPSA) is 98.1 Å². The van der Waals surface area contributed by atoms with E-state index in [-0.39, 0.29) is 17.8 Å². The number of anilines is 1. The number of aryl methyl sites for hydroxylation is 1. The van der Waals surface area contributed by atoms with Gasteiger partial charge in [-0.3, -0.25) is 4.79 Å². The molecule has 0 radical (unpaired) electrons. The van der Waals surface area contributed by atoms with Crippen LogP contribution in [0.3, 0.4) is 0 Å². The normalized spacial score (nSPS) is 15.3. The molecule has 98 valence electrons. The molecule has 2 aromatic heterocycles. The number of oxazole rings is 1. The van der Waals surface area contributed by atoms with E-state index >= 15 is 0 Å². The van der Waals surface area contributed by atoms with E-state index in [2.05, 4.69) is 15.0 Å². The molecule has 0 aromatic carbocycles. The van der Waals surface area contributed by atoms with E-state index in [1.165, 1.54) is 6.26 Å². The highest BCUT2D eigenvalue weighted by atomic mass is 16.3. The van der Waals surface area contributed by atoms with Crippen LogP contribution in [0.1, 0.15) is 28.0 Å². The second-order valence-corrected chi connectivity index (χ2v) is 4.50. The van der Waals surface area contributed by atoms with Crippen LogP contribution < -0.4 is 5.73 Å². The molecule has 1 aliphatic rings. The minimum atomic E-state index is -0.116. The molecule has 7 heteroatoms. The van der Waals surface area contributed by atoms with E-state index in [0.29, 0.717) is 24.7 Å². The van der Waals surface area contributed by atoms with Gasteiger partial charge in [-0.2, -0.15) is 0 Å². The van der Waals surface area contributed by atoms with Crippen LogP contribution in [0.5, 0.6) is 0 Å². The number of nitrogens with two attached hydrogens (primary N) is 1. The maximum Gasteiger partial charge on any atom is 0.275 e. The van der Waals surface area contributed by atoms with Crippen molar-refractivity contribution in [3.63, 3.8) is 0 Å². The first-order valence-electron chi connectivity index (χ1n) is 5.93. The van der Waals surface area contributed by atoms with Crippen molar-refractivity contribution < 1.29 is 9.21 Å². The van der Waals surface area contributed by atoms with Crippen LogP contribution in [0, 0.1) is 6.92 Å². The first-order chi connectivity index (χ1) is 9.13. The molecule has 0 unspecified atom stereocenters. The number of aromatic nitrogens is 3. The van der Waals surface area contributed by atoms with Gasteiger partial charge in [0.1, 0.15) is 6.26 Å². The highest BCUT2D eigenvalue weighted by Crippen LogP contribution is 2.26. The summed E-state index contributed by atoms with van der Waals surface area (Å²) in [7, 11) is 0. The van der Waals surface area contributed by atoms with Crippen LogP contribution in [0.4, 0.5) is 5.95 Å². The number of carbonyl (C=O) groups excluding carboxylic acids is 1. The zero-order valence-corrected chi connectivity index (χ0v) is 10.4. The average molecular weight is 259 g/mol. The number of rotatable bonds is 2. The smallest absolute Gasteiger partial charge is 0.275 e. The van der Waals surface area contributed by atoms with Crippen LogP contribution in [0.15, 0.2) is 22.9 Å². The number of nitrogens with zero attached hydrogens (tertiary/aromatic N) is 4. The zero-order valence-electron chi connectivity index (χ0n) is 10.4. The fourth-order valence-electron chi connectivity index (χ4n) is 2.07. The summed E-state index contributed by atoms with van der Waals surface area (Å²) in [5.41, 5.74) is 6.75. The van der Waals surface area contributed by atoms with Crippen molar-refractivity contribution in [2.75, 3.05) is 18.8 Å². The largest absolute Gasteiger partial charge is 0.448 e. The number of nitrogen functional groups attached to an aromatic ring is 1. The second kappa shape index (κ2) is 4.34. The molecule has 1 aliphatic heterocycles. The molecule has 7 nitrogen and oxygen atoms in total. The lowest BCUT2D eigenvalue weighted by atomic mass is 9.96. The summed E-state index contributed by atoms with van der Waals surface area (Å²) in [5.74, 6) is 0.843. The van der Waals surface area contributed by atoms with Gasteiger partial charge in [-0.1, -0.05) is 0 Å². The molecule has 19 heavy (non-hydrogen) atoms. The number of hydrogen-bond acceptors (Lipinski definition) is 6. The molecule has 1 saturated heterocycles. The van der Waals surface area contributed by atoms with E-state index in [4.69, 9.17) is 10.2 Å². The summed E-state index contributed by atoms with van der Waals surface area (Å²) >= 11 is 0. The van der Waals surface area contributed by atoms with E-state index in [1.54, 1.807) is 18.0 Å². The number of likely N-dealkylation sites (tertiary alicyclic amines) is 1. The maximum atomic E-state index is 12.0. The summed E-state index contributed by atoms with van der Waals surface area (Å²) in [4.78, 5) is 25.8. The summed E-state index contributed by atoms with van der Waals surface area (Å²) in [6.07, 6.45) is 3.01. The van der Waals surface area contributed by atoms with Crippen molar-refractivity contribution in [1.82, 2.24) is 19.9 Å². The third-order valence-electron chi connectivity index (χ3n) is 3.12. The molecule has 0 saturated carbocycles. The van der Waals surface area contributed by atoms with E-state index in [9.17, 15) is 4.79 Å². The highest BCUT2D eigenvalue weighted by Gasteiger charge is 2.34. The van der Waals surface area contributed by atoms with Crippen LogP contribution in [-0.2, 0) is 0 Å². The van der Waals surface area contributed by atoms with Gasteiger partial charge in [-0.05, 0) is 6.07 Å². The molecule has 3 rings (SSSR count). The molecule has 3 heterocycles. The van der Waals surface area contributed by atoms with Crippen molar-refractivity contribution in [2.45, 2.75) is 12.8 Å². The number of hydrogen-bond donors (Lipinski definition) is 1. The molecular formula is C12H13N5O2. The Morgan fingerprint density at radius 2 is 2.26 bits per heavy atom. The SMILES string of the molecule is Cc1nc(C(=O)N2CC(c3ccnc(N)n3)C2)co1. The van der Waals surface area contributed by atoms with Gasteiger partial charge in [0.05, 0.1) is 5.69 Å². The van der Waals surface area contributed by atoms with Crippen molar-refractivity contribution >= 4 is 11.9 Å². The Bertz CT molecular complexity index is 618. The van der Waals surface area contributed by atoms with Crippen molar-refractivity contribution in [3.8, 4) is 0 Å². The quantitative estimate of drug-likeness (QED) is 0.847. The molecule has 1 fully saturated rings. The van der Waals surface area contributed by atoms with Crippen molar-refractivity contribution in [1.29, 1.82) is 0 Å². The van der Waals surface area contributed by atoms with Gasteiger partial charge < -0.3 is 15.1 Å². The Morgan fingerprint density at radius 1 is 1.47 bits per heavy atom. The Hall–Kier alpha value is -2.44. The summed E-state index contributed by atoms with van der Waals surface area (Å²) < 4.78 is 5.04. The Balaban J connectivity index is 1.65. The third kappa shape index (κ3) is 2.14. The zero-order chi connectivity index (χ0) is 13.4. The predicted molar refractivity (Wildman–Crippen MR) is 66.3 cm³/mol. The van der Waals surface area contributed by atoms with Crippen LogP contribution in [0.25, 0.3) is 0 Å². The Morgan fingerprint density at radius 3 is 2.89 bits per heavy atom. The van der Waals surface area contributed by atoms with Gasteiger partial charge in [-0.25, -0.2) is 15.0 Å². The minimum Gasteiger partial charge on any atom is -0.448 e. The van der Waals surface area contributed by atoms with Gasteiger partial charge in [-0.15, -0.1) is 0 Å². The minimum absolute atomic E-state index is 0.116. The first-order valence-corrected chi connectivity index (χ1v) is 5.93. The molecule has 0 aliphatic carbocycles. The fraction of sp³-hybridized carbons (Fsp3) is 0.333. The lowest BCUT2D eigenvalue weighted by Gasteiger charge is -2.38. The van der Waals surface area contributed by atoms with Crippen molar-refractivity contribution in [3.05, 3.63) is 35.8 Å². The average Bonchev–Trinajstić information content (AvgIpc) is 2.74. The fourth-order valence-corrected chi connectivity index (χ4v) is 2.07. The molecule has 2 N–H and O–H groups in total. The van der Waals surface area contributed by atoms with Gasteiger partial charge in [0, 0.05) is 32.1 Å². The Labute approximate surface area is 109 Å². The first kappa shape index (κ1) is 11.6. The van der Waals surface area contributed by atoms with Crippen LogP contribution in [0.2, 0.25) is 0 Å². The third-order valence-corrected chi connectivity index (χ3v) is 3.12.